The van der Waals surface area contributed by atoms with Crippen molar-refractivity contribution in [2.45, 2.75) is 92.2 Å². The van der Waals surface area contributed by atoms with Crippen molar-refractivity contribution in [3.8, 4) is 0 Å². The van der Waals surface area contributed by atoms with Gasteiger partial charge in [0.2, 0.25) is 11.8 Å². The van der Waals surface area contributed by atoms with Crippen molar-refractivity contribution in [3.63, 3.8) is 0 Å². The number of hydrogen-bond donors (Lipinski definition) is 4. The van der Waals surface area contributed by atoms with E-state index in [-0.39, 0.29) is 55.1 Å². The lowest BCUT2D eigenvalue weighted by atomic mass is 9.71. The topological polar surface area (TPSA) is 91.5 Å². The van der Waals surface area contributed by atoms with Gasteiger partial charge in [-0.15, -0.1) is 11.6 Å². The van der Waals surface area contributed by atoms with Gasteiger partial charge in [0.25, 0.3) is 6.43 Å². The van der Waals surface area contributed by atoms with Crippen LogP contribution in [-0.4, -0.2) is 78.8 Å². The van der Waals surface area contributed by atoms with Gasteiger partial charge in [-0.05, 0) is 38.5 Å². The number of rotatable bonds is 7. The van der Waals surface area contributed by atoms with E-state index < -0.39 is 30.1 Å². The van der Waals surface area contributed by atoms with E-state index in [4.69, 9.17) is 16.3 Å². The highest BCUT2D eigenvalue weighted by Crippen LogP contribution is 2.55. The van der Waals surface area contributed by atoms with Gasteiger partial charge in [0.15, 0.2) is 0 Å². The minimum Gasteiger partial charge on any atom is -0.368 e. The van der Waals surface area contributed by atoms with Crippen LogP contribution in [0.3, 0.4) is 0 Å². The van der Waals surface area contributed by atoms with Crippen molar-refractivity contribution in [2.24, 2.45) is 0 Å². The van der Waals surface area contributed by atoms with E-state index in [1.54, 1.807) is 0 Å². The van der Waals surface area contributed by atoms with Gasteiger partial charge in [-0.1, -0.05) is 0 Å². The number of ether oxygens (including phenoxy) is 1. The van der Waals surface area contributed by atoms with Crippen LogP contribution in [0.1, 0.15) is 44.9 Å². The zero-order valence-electron chi connectivity index (χ0n) is 17.3. The first-order valence-electron chi connectivity index (χ1n) is 11.0. The Morgan fingerprint density at radius 3 is 2.42 bits per heavy atom. The Kier molecular flexibility index (Phi) is 6.72. The van der Waals surface area contributed by atoms with Crippen LogP contribution in [0.15, 0.2) is 0 Å². The highest BCUT2D eigenvalue weighted by Gasteiger charge is 2.62. The van der Waals surface area contributed by atoms with Gasteiger partial charge >= 0.3 is 0 Å². The van der Waals surface area contributed by atoms with Crippen LogP contribution in [-0.2, 0) is 14.3 Å². The first-order valence-corrected chi connectivity index (χ1v) is 11.4. The predicted octanol–water partition coefficient (Wildman–Crippen LogP) is 0.994. The highest BCUT2D eigenvalue weighted by atomic mass is 35.5. The number of halogens is 4. The number of amides is 2. The van der Waals surface area contributed by atoms with Crippen LogP contribution < -0.4 is 21.3 Å². The maximum atomic E-state index is 13.7. The molecule has 2 bridgehead atoms. The van der Waals surface area contributed by atoms with Gasteiger partial charge in [-0.3, -0.25) is 9.59 Å². The first kappa shape index (κ1) is 23.1. The molecule has 5 unspecified atom stereocenters. The number of carbonyl (C=O) groups is 2. The Morgan fingerprint density at radius 2 is 1.81 bits per heavy atom. The average Bonchev–Trinajstić information content (AvgIpc) is 3.23. The third-order valence-electron chi connectivity index (χ3n) is 7.11. The fourth-order valence-electron chi connectivity index (χ4n) is 5.49. The summed E-state index contributed by atoms with van der Waals surface area (Å²) >= 11 is 5.87. The Hall–Kier alpha value is -1.10. The zero-order chi connectivity index (χ0) is 22.2. The van der Waals surface area contributed by atoms with E-state index in [0.29, 0.717) is 25.7 Å². The molecule has 0 aromatic rings. The van der Waals surface area contributed by atoms with E-state index in [0.717, 1.165) is 12.8 Å². The summed E-state index contributed by atoms with van der Waals surface area (Å²) in [7, 11) is 0. The molecule has 2 amide bonds. The second-order valence-corrected chi connectivity index (χ2v) is 10.1. The fourth-order valence-corrected chi connectivity index (χ4v) is 5.72. The van der Waals surface area contributed by atoms with Crippen molar-refractivity contribution in [2.75, 3.05) is 19.7 Å². The molecule has 0 aromatic heterocycles. The van der Waals surface area contributed by atoms with E-state index in [9.17, 15) is 22.8 Å². The molecule has 0 aromatic carbocycles. The van der Waals surface area contributed by atoms with E-state index >= 15 is 0 Å². The van der Waals surface area contributed by atoms with Gasteiger partial charge in [0.05, 0.1) is 23.6 Å². The molecule has 1 aliphatic heterocycles. The Morgan fingerprint density at radius 1 is 1.10 bits per heavy atom. The fraction of sp³-hybridized carbons (Fsp3) is 0.900. The summed E-state index contributed by atoms with van der Waals surface area (Å²) in [6, 6.07) is -1.49. The number of carbonyl (C=O) groups excluding carboxylic acids is 2. The molecule has 11 heteroatoms. The molecule has 0 spiro atoms. The second-order valence-electron chi connectivity index (χ2n) is 9.54. The molecule has 1 saturated heterocycles. The van der Waals surface area contributed by atoms with Gasteiger partial charge < -0.3 is 26.0 Å². The van der Waals surface area contributed by atoms with Crippen LogP contribution in [0, 0.1) is 0 Å². The van der Waals surface area contributed by atoms with Gasteiger partial charge in [-0.25, -0.2) is 13.2 Å². The maximum absolute atomic E-state index is 13.7. The number of fused-ring (bicyclic) bond motifs is 1. The average molecular weight is 467 g/mol. The van der Waals surface area contributed by atoms with Crippen LogP contribution in [0.4, 0.5) is 13.2 Å². The summed E-state index contributed by atoms with van der Waals surface area (Å²) in [5.41, 5.74) is -0.699. The lowest BCUT2D eigenvalue weighted by Crippen LogP contribution is -2.68. The lowest BCUT2D eigenvalue weighted by Gasteiger charge is -2.48. The van der Waals surface area contributed by atoms with Crippen LogP contribution in [0.2, 0.25) is 0 Å². The molecular weight excluding hydrogens is 437 g/mol. The lowest BCUT2D eigenvalue weighted by molar-refractivity contribution is -0.132. The summed E-state index contributed by atoms with van der Waals surface area (Å²) < 4.78 is 44.7. The second kappa shape index (κ2) is 9.03. The maximum Gasteiger partial charge on any atom is 0.254 e. The largest absolute Gasteiger partial charge is 0.368 e. The molecule has 5 atom stereocenters. The van der Waals surface area contributed by atoms with Crippen molar-refractivity contribution in [3.05, 3.63) is 0 Å². The molecule has 7 nitrogen and oxygen atoms in total. The minimum atomic E-state index is -2.47. The molecule has 176 valence electrons. The normalized spacial score (nSPS) is 42.2. The van der Waals surface area contributed by atoms with Crippen LogP contribution in [0.25, 0.3) is 0 Å². The molecule has 4 aliphatic carbocycles. The van der Waals surface area contributed by atoms with Crippen molar-refractivity contribution in [1.82, 2.24) is 21.3 Å². The molecule has 4 saturated carbocycles. The van der Waals surface area contributed by atoms with Crippen molar-refractivity contribution in [1.29, 1.82) is 0 Å². The smallest absolute Gasteiger partial charge is 0.254 e. The summed E-state index contributed by atoms with van der Waals surface area (Å²) in [4.78, 5) is 24.9. The molecule has 1 heterocycles. The SMILES string of the molecule is O=C(COC1CCC(Cl)C(F)C1)NC12CCC(NC(=O)C3CNC(C(F)F)CN3)(C1)C2. The van der Waals surface area contributed by atoms with Crippen molar-refractivity contribution >= 4 is 23.4 Å². The third kappa shape index (κ3) is 5.12. The minimum absolute atomic E-state index is 0.0401. The molecule has 5 rings (SSSR count). The number of alkyl halides is 4. The quantitative estimate of drug-likeness (QED) is 0.420. The molecule has 31 heavy (non-hydrogen) atoms. The van der Waals surface area contributed by atoms with Crippen molar-refractivity contribution < 1.29 is 27.5 Å². The first-order chi connectivity index (χ1) is 14.7. The van der Waals surface area contributed by atoms with Gasteiger partial charge in [0, 0.05) is 30.6 Å². The van der Waals surface area contributed by atoms with Crippen LogP contribution in [0.5, 0.6) is 0 Å². The van der Waals surface area contributed by atoms with E-state index in [1.807, 2.05) is 0 Å². The summed E-state index contributed by atoms with van der Waals surface area (Å²) in [5.74, 6) is -0.442. The summed E-state index contributed by atoms with van der Waals surface area (Å²) in [5, 5.41) is 11.2. The Labute approximate surface area is 184 Å². The summed E-state index contributed by atoms with van der Waals surface area (Å²) in [6.45, 7) is 0.0777. The Balaban J connectivity index is 1.18. The standard InChI is InChI=1S/C20H30ClF3N4O3/c21-12-2-1-11(5-13(12)22)31-8-16(29)27-19-3-4-20(9-19,10-19)28-18(30)15-7-25-14(6-26-15)17(23)24/h11-15,17,25-26H,1-10H2,(H,27,29)(H,28,30). The highest BCUT2D eigenvalue weighted by molar-refractivity contribution is 6.21. The summed E-state index contributed by atoms with van der Waals surface area (Å²) in [6.07, 6.45) is 0.306. The molecule has 0 radical (unpaired) electrons. The number of hydrogen-bond acceptors (Lipinski definition) is 5. The third-order valence-corrected chi connectivity index (χ3v) is 7.60. The molecule has 5 fully saturated rings. The Bertz CT molecular complexity index is 687. The van der Waals surface area contributed by atoms with E-state index in [1.165, 1.54) is 0 Å². The molecular formula is C20H30ClF3N4O3. The van der Waals surface area contributed by atoms with Crippen LogP contribution >= 0.6 is 11.6 Å². The van der Waals surface area contributed by atoms with Gasteiger partial charge in [-0.2, -0.15) is 0 Å². The molecule has 4 N–H and O–H groups in total. The number of piperazine rings is 1. The predicted molar refractivity (Wildman–Crippen MR) is 108 cm³/mol. The number of nitrogens with one attached hydrogen (secondary N) is 4. The zero-order valence-corrected chi connectivity index (χ0v) is 18.0. The van der Waals surface area contributed by atoms with Gasteiger partial charge in [0.1, 0.15) is 12.8 Å². The monoisotopic (exact) mass is 466 g/mol. The molecule has 5 aliphatic rings. The van der Waals surface area contributed by atoms with E-state index in [2.05, 4.69) is 21.3 Å².